The van der Waals surface area contributed by atoms with Crippen molar-refractivity contribution < 1.29 is 18.0 Å². The van der Waals surface area contributed by atoms with Gasteiger partial charge in [0.05, 0.1) is 5.69 Å². The van der Waals surface area contributed by atoms with Crippen molar-refractivity contribution in [1.29, 1.82) is 0 Å². The molecule has 29 heavy (non-hydrogen) atoms. The Labute approximate surface area is 166 Å². The van der Waals surface area contributed by atoms with E-state index >= 15 is 0 Å². The summed E-state index contributed by atoms with van der Waals surface area (Å²) in [5.41, 5.74) is 0.582. The number of hydrogen-bond acceptors (Lipinski definition) is 2. The number of amides is 1. The maximum atomic E-state index is 14.7. The van der Waals surface area contributed by atoms with Gasteiger partial charge < -0.3 is 9.88 Å². The quantitative estimate of drug-likeness (QED) is 0.568. The maximum Gasteiger partial charge on any atom is 0.294 e. The standard InChI is InChI=1S/C21H21F3N4O/c1-4-10-21(23,24)19-13-18(27(3)26-19)15-9-8-14(12-16(15)22)25-20(29)17-7-6-11-28(17)5-2/h4,6-9,11-13H,1,5,10H2,2-3H3,(H,25,29). The molecule has 0 saturated carbocycles. The number of benzene rings is 1. The topological polar surface area (TPSA) is 51.9 Å². The monoisotopic (exact) mass is 402 g/mol. The van der Waals surface area contributed by atoms with Gasteiger partial charge >= 0.3 is 0 Å². The maximum absolute atomic E-state index is 14.7. The molecule has 5 nitrogen and oxygen atoms in total. The van der Waals surface area contributed by atoms with Gasteiger partial charge in [-0.05, 0) is 43.3 Å². The van der Waals surface area contributed by atoms with Gasteiger partial charge in [0.1, 0.15) is 17.2 Å². The van der Waals surface area contributed by atoms with E-state index in [-0.39, 0.29) is 22.9 Å². The van der Waals surface area contributed by atoms with E-state index in [9.17, 15) is 18.0 Å². The lowest BCUT2D eigenvalue weighted by molar-refractivity contribution is -0.00592. The van der Waals surface area contributed by atoms with Crippen LogP contribution in [-0.2, 0) is 19.5 Å². The van der Waals surface area contributed by atoms with Crippen molar-refractivity contribution in [2.45, 2.75) is 25.8 Å². The number of carbonyl (C=O) groups excluding carboxylic acids is 1. The Balaban J connectivity index is 1.86. The van der Waals surface area contributed by atoms with Crippen LogP contribution in [0.2, 0.25) is 0 Å². The van der Waals surface area contributed by atoms with E-state index in [1.54, 1.807) is 22.9 Å². The summed E-state index contributed by atoms with van der Waals surface area (Å²) in [5.74, 6) is -4.21. The van der Waals surface area contributed by atoms with Gasteiger partial charge in [0.15, 0.2) is 0 Å². The van der Waals surface area contributed by atoms with Gasteiger partial charge in [-0.3, -0.25) is 9.48 Å². The summed E-state index contributed by atoms with van der Waals surface area (Å²) in [6, 6.07) is 8.68. The van der Waals surface area contributed by atoms with Crippen molar-refractivity contribution in [2.75, 3.05) is 5.32 Å². The highest BCUT2D eigenvalue weighted by molar-refractivity contribution is 6.03. The van der Waals surface area contributed by atoms with Crippen LogP contribution in [0.5, 0.6) is 0 Å². The molecule has 3 aromatic rings. The molecule has 0 aliphatic rings. The fourth-order valence-corrected chi connectivity index (χ4v) is 3.08. The summed E-state index contributed by atoms with van der Waals surface area (Å²) in [7, 11) is 1.47. The van der Waals surface area contributed by atoms with Crippen molar-refractivity contribution in [2.24, 2.45) is 7.05 Å². The van der Waals surface area contributed by atoms with Crippen molar-refractivity contribution in [3.8, 4) is 11.3 Å². The average molecular weight is 402 g/mol. The van der Waals surface area contributed by atoms with Crippen LogP contribution in [0, 0.1) is 5.82 Å². The normalized spacial score (nSPS) is 11.5. The number of alkyl halides is 2. The van der Waals surface area contributed by atoms with Crippen LogP contribution >= 0.6 is 0 Å². The van der Waals surface area contributed by atoms with E-state index < -0.39 is 23.9 Å². The number of nitrogens with zero attached hydrogens (tertiary/aromatic N) is 3. The Morgan fingerprint density at radius 1 is 1.31 bits per heavy atom. The first-order chi connectivity index (χ1) is 13.8. The molecule has 1 amide bonds. The third-order valence-corrected chi connectivity index (χ3v) is 4.56. The number of aryl methyl sites for hydroxylation is 2. The Hall–Kier alpha value is -3.29. The minimum absolute atomic E-state index is 0.107. The van der Waals surface area contributed by atoms with Crippen LogP contribution in [0.1, 0.15) is 29.5 Å². The van der Waals surface area contributed by atoms with Crippen molar-refractivity contribution in [1.82, 2.24) is 14.3 Å². The van der Waals surface area contributed by atoms with E-state index in [0.29, 0.717) is 12.2 Å². The lowest BCUT2D eigenvalue weighted by Gasteiger charge is -2.10. The van der Waals surface area contributed by atoms with Gasteiger partial charge in [0, 0.05) is 37.5 Å². The second kappa shape index (κ2) is 7.98. The van der Waals surface area contributed by atoms with Crippen LogP contribution in [0.3, 0.4) is 0 Å². The zero-order chi connectivity index (χ0) is 21.2. The van der Waals surface area contributed by atoms with E-state index in [0.717, 1.165) is 18.2 Å². The van der Waals surface area contributed by atoms with Crippen molar-refractivity contribution in [3.63, 3.8) is 0 Å². The molecule has 0 atom stereocenters. The first-order valence-electron chi connectivity index (χ1n) is 9.06. The molecule has 0 aliphatic heterocycles. The SMILES string of the molecule is C=CCC(F)(F)c1cc(-c2ccc(NC(=O)c3cccn3CC)cc2F)n(C)n1. The zero-order valence-electron chi connectivity index (χ0n) is 16.1. The van der Waals surface area contributed by atoms with Gasteiger partial charge in [0.2, 0.25) is 0 Å². The smallest absolute Gasteiger partial charge is 0.294 e. The molecule has 0 fully saturated rings. The summed E-state index contributed by atoms with van der Waals surface area (Å²) >= 11 is 0. The molecule has 0 saturated heterocycles. The molecule has 0 bridgehead atoms. The highest BCUT2D eigenvalue weighted by atomic mass is 19.3. The van der Waals surface area contributed by atoms with Gasteiger partial charge in [-0.15, -0.1) is 6.58 Å². The van der Waals surface area contributed by atoms with E-state index in [1.165, 1.54) is 23.9 Å². The predicted octanol–water partition coefficient (Wildman–Crippen LogP) is 4.97. The summed E-state index contributed by atoms with van der Waals surface area (Å²) in [4.78, 5) is 12.4. The summed E-state index contributed by atoms with van der Waals surface area (Å²) < 4.78 is 45.8. The van der Waals surface area contributed by atoms with Crippen LogP contribution < -0.4 is 5.32 Å². The molecule has 0 radical (unpaired) electrons. The highest BCUT2D eigenvalue weighted by Crippen LogP contribution is 2.34. The first-order valence-corrected chi connectivity index (χ1v) is 9.06. The molecular weight excluding hydrogens is 381 g/mol. The molecule has 0 spiro atoms. The third kappa shape index (κ3) is 4.11. The minimum atomic E-state index is -3.18. The molecule has 1 N–H and O–H groups in total. The number of aromatic nitrogens is 3. The Bertz CT molecular complexity index is 1050. The van der Waals surface area contributed by atoms with Crippen LogP contribution in [0.4, 0.5) is 18.9 Å². The molecule has 3 rings (SSSR count). The molecule has 8 heteroatoms. The lowest BCUT2D eigenvalue weighted by atomic mass is 10.1. The van der Waals surface area contributed by atoms with Gasteiger partial charge in [0.25, 0.3) is 11.8 Å². The van der Waals surface area contributed by atoms with Crippen LogP contribution in [0.25, 0.3) is 11.3 Å². The lowest BCUT2D eigenvalue weighted by Crippen LogP contribution is -2.16. The van der Waals surface area contributed by atoms with Gasteiger partial charge in [-0.1, -0.05) is 6.08 Å². The van der Waals surface area contributed by atoms with Gasteiger partial charge in [-0.2, -0.15) is 13.9 Å². The predicted molar refractivity (Wildman–Crippen MR) is 105 cm³/mol. The largest absolute Gasteiger partial charge is 0.344 e. The van der Waals surface area contributed by atoms with Crippen LogP contribution in [0.15, 0.2) is 55.3 Å². The zero-order valence-corrected chi connectivity index (χ0v) is 16.1. The minimum Gasteiger partial charge on any atom is -0.344 e. The number of halogens is 3. The average Bonchev–Trinajstić information content (AvgIpc) is 3.29. The number of anilines is 1. The molecule has 152 valence electrons. The van der Waals surface area contributed by atoms with Crippen LogP contribution in [-0.4, -0.2) is 20.3 Å². The number of hydrogen-bond donors (Lipinski definition) is 1. The molecule has 1 aromatic carbocycles. The van der Waals surface area contributed by atoms with E-state index in [1.807, 2.05) is 6.92 Å². The summed E-state index contributed by atoms with van der Waals surface area (Å²) in [6.45, 7) is 5.86. The Kier molecular flexibility index (Phi) is 5.63. The van der Waals surface area contributed by atoms with E-state index in [2.05, 4.69) is 17.0 Å². The fraction of sp³-hybridized carbons (Fsp3) is 0.238. The van der Waals surface area contributed by atoms with Crippen molar-refractivity contribution in [3.05, 3.63) is 72.5 Å². The Morgan fingerprint density at radius 2 is 2.07 bits per heavy atom. The second-order valence-electron chi connectivity index (χ2n) is 6.56. The molecule has 0 unspecified atom stereocenters. The molecule has 0 aliphatic carbocycles. The molecule has 2 aromatic heterocycles. The summed E-state index contributed by atoms with van der Waals surface area (Å²) in [6.07, 6.45) is 2.33. The molecular formula is C21H21F3N4O. The second-order valence-corrected chi connectivity index (χ2v) is 6.56. The summed E-state index contributed by atoms with van der Waals surface area (Å²) in [5, 5.41) is 6.47. The first kappa shape index (κ1) is 20.4. The van der Waals surface area contributed by atoms with Crippen molar-refractivity contribution >= 4 is 11.6 Å². The van der Waals surface area contributed by atoms with Gasteiger partial charge in [-0.25, -0.2) is 4.39 Å². The molecule has 2 heterocycles. The highest BCUT2D eigenvalue weighted by Gasteiger charge is 2.34. The fourth-order valence-electron chi connectivity index (χ4n) is 3.08. The number of allylic oxidation sites excluding steroid dienone is 1. The number of rotatable bonds is 7. The Morgan fingerprint density at radius 3 is 2.72 bits per heavy atom. The number of carbonyl (C=O) groups is 1. The third-order valence-electron chi connectivity index (χ3n) is 4.56. The number of nitrogens with one attached hydrogen (secondary N) is 1. The van der Waals surface area contributed by atoms with E-state index in [4.69, 9.17) is 0 Å².